The number of fused-ring (bicyclic) bond motifs is 2. The SMILES string of the molecule is Cc1cc(C)c2[nH]c(CN3CC[C@@]4(O)CCNC[C@H]4C3)cc(=O)c2c1.Cl.Cl. The molecule has 7 heteroatoms. The van der Waals surface area contributed by atoms with E-state index in [1.165, 1.54) is 0 Å². The standard InChI is InChI=1S/C20H27N3O2.2ClH/c1-13-7-14(2)19-17(8-13)18(24)9-16(22-19)12-23-6-4-20(25)3-5-21-10-15(20)11-23;;/h7-9,15,21,25H,3-6,10-12H2,1-2H3,(H,22,24);2*1H/t15-,20-;;/m0../s1. The fourth-order valence-electron chi connectivity index (χ4n) is 4.52. The van der Waals surface area contributed by atoms with Crippen molar-refractivity contribution in [2.24, 2.45) is 5.92 Å². The fraction of sp³-hybridized carbons (Fsp3) is 0.550. The first-order valence-corrected chi connectivity index (χ1v) is 9.23. The summed E-state index contributed by atoms with van der Waals surface area (Å²) in [7, 11) is 0. The maximum Gasteiger partial charge on any atom is 0.189 e. The molecule has 2 saturated heterocycles. The Kier molecular flexibility index (Phi) is 6.98. The summed E-state index contributed by atoms with van der Waals surface area (Å²) in [5.74, 6) is 0.270. The number of hydrogen-bond donors (Lipinski definition) is 3. The zero-order valence-electron chi connectivity index (χ0n) is 15.9. The monoisotopic (exact) mass is 413 g/mol. The molecule has 3 heterocycles. The van der Waals surface area contributed by atoms with E-state index in [4.69, 9.17) is 0 Å². The Hall–Kier alpha value is -1.11. The number of aromatic nitrogens is 1. The summed E-state index contributed by atoms with van der Waals surface area (Å²) in [5.41, 5.74) is 3.71. The third-order valence-corrected chi connectivity index (χ3v) is 5.96. The van der Waals surface area contributed by atoms with Gasteiger partial charge in [-0.15, -0.1) is 24.8 Å². The number of piperidine rings is 2. The van der Waals surface area contributed by atoms with Gasteiger partial charge in [0.15, 0.2) is 5.43 Å². The number of hydrogen-bond acceptors (Lipinski definition) is 4. The molecule has 2 aliphatic heterocycles. The Morgan fingerprint density at radius 2 is 2.00 bits per heavy atom. The van der Waals surface area contributed by atoms with Crippen molar-refractivity contribution in [1.82, 2.24) is 15.2 Å². The van der Waals surface area contributed by atoms with Crippen LogP contribution in [0.25, 0.3) is 10.9 Å². The topological polar surface area (TPSA) is 68.4 Å². The number of aryl methyl sites for hydroxylation is 2. The van der Waals surface area contributed by atoms with E-state index in [0.717, 1.165) is 73.3 Å². The van der Waals surface area contributed by atoms with Crippen molar-refractivity contribution in [1.29, 1.82) is 0 Å². The van der Waals surface area contributed by atoms with Gasteiger partial charge in [0.25, 0.3) is 0 Å². The number of H-pyrrole nitrogens is 1. The lowest BCUT2D eigenvalue weighted by Crippen LogP contribution is -2.58. The maximum absolute atomic E-state index is 12.5. The fourth-order valence-corrected chi connectivity index (χ4v) is 4.52. The normalized spacial score (nSPS) is 25.4. The molecule has 1 aromatic carbocycles. The minimum Gasteiger partial charge on any atom is -0.389 e. The summed E-state index contributed by atoms with van der Waals surface area (Å²) in [5, 5.41) is 15.0. The van der Waals surface area contributed by atoms with E-state index in [2.05, 4.69) is 21.3 Å². The molecule has 0 unspecified atom stereocenters. The minimum absolute atomic E-state index is 0. The molecule has 4 rings (SSSR count). The largest absolute Gasteiger partial charge is 0.389 e. The highest BCUT2D eigenvalue weighted by atomic mass is 35.5. The molecule has 0 amide bonds. The van der Waals surface area contributed by atoms with Crippen LogP contribution in [0.4, 0.5) is 0 Å². The summed E-state index contributed by atoms with van der Waals surface area (Å²) in [6.45, 7) is 8.32. The van der Waals surface area contributed by atoms with E-state index < -0.39 is 5.60 Å². The smallest absolute Gasteiger partial charge is 0.189 e. The average Bonchev–Trinajstić information content (AvgIpc) is 2.56. The first-order chi connectivity index (χ1) is 11.9. The summed E-state index contributed by atoms with van der Waals surface area (Å²) in [6.07, 6.45) is 1.66. The van der Waals surface area contributed by atoms with Gasteiger partial charge in [0.2, 0.25) is 0 Å². The van der Waals surface area contributed by atoms with Gasteiger partial charge in [-0.2, -0.15) is 0 Å². The lowest BCUT2D eigenvalue weighted by atomic mass is 9.76. The van der Waals surface area contributed by atoms with Crippen molar-refractivity contribution in [3.8, 4) is 0 Å². The molecule has 0 aliphatic carbocycles. The van der Waals surface area contributed by atoms with Crippen LogP contribution in [0.2, 0.25) is 0 Å². The zero-order valence-corrected chi connectivity index (χ0v) is 17.5. The maximum atomic E-state index is 12.5. The van der Waals surface area contributed by atoms with E-state index in [9.17, 15) is 9.90 Å². The number of aromatic amines is 1. The first kappa shape index (κ1) is 22.2. The number of likely N-dealkylation sites (tertiary alicyclic amines) is 1. The highest BCUT2D eigenvalue weighted by Crippen LogP contribution is 2.33. The van der Waals surface area contributed by atoms with Crippen LogP contribution in [-0.2, 0) is 6.54 Å². The van der Waals surface area contributed by atoms with Crippen LogP contribution in [0, 0.1) is 19.8 Å². The number of rotatable bonds is 2. The van der Waals surface area contributed by atoms with Crippen molar-refractivity contribution in [3.05, 3.63) is 45.2 Å². The van der Waals surface area contributed by atoms with Gasteiger partial charge in [0, 0.05) is 49.2 Å². The minimum atomic E-state index is -0.507. The van der Waals surface area contributed by atoms with Crippen molar-refractivity contribution in [3.63, 3.8) is 0 Å². The molecule has 0 saturated carbocycles. The molecule has 2 fully saturated rings. The molecular formula is C20H29Cl2N3O2. The lowest BCUT2D eigenvalue weighted by molar-refractivity contribution is -0.0901. The highest BCUT2D eigenvalue weighted by Gasteiger charge is 2.42. The van der Waals surface area contributed by atoms with Crippen LogP contribution in [0.1, 0.15) is 29.7 Å². The van der Waals surface area contributed by atoms with Gasteiger partial charge in [-0.05, 0) is 50.4 Å². The number of pyridine rings is 1. The van der Waals surface area contributed by atoms with Gasteiger partial charge in [0.1, 0.15) is 0 Å². The number of halogens is 2. The van der Waals surface area contributed by atoms with Crippen molar-refractivity contribution >= 4 is 35.7 Å². The molecule has 0 radical (unpaired) electrons. The predicted molar refractivity (Wildman–Crippen MR) is 114 cm³/mol. The molecule has 1 aromatic heterocycles. The van der Waals surface area contributed by atoms with Gasteiger partial charge in [0.05, 0.1) is 11.1 Å². The summed E-state index contributed by atoms with van der Waals surface area (Å²) in [4.78, 5) is 18.4. The van der Waals surface area contributed by atoms with Gasteiger partial charge in [-0.1, -0.05) is 6.07 Å². The Bertz CT molecular complexity index is 870. The highest BCUT2D eigenvalue weighted by molar-refractivity contribution is 5.85. The molecule has 0 bridgehead atoms. The Morgan fingerprint density at radius 1 is 1.22 bits per heavy atom. The lowest BCUT2D eigenvalue weighted by Gasteiger charge is -2.47. The molecule has 27 heavy (non-hydrogen) atoms. The molecule has 2 atom stereocenters. The molecule has 3 N–H and O–H groups in total. The van der Waals surface area contributed by atoms with Gasteiger partial charge in [-0.25, -0.2) is 0 Å². The summed E-state index contributed by atoms with van der Waals surface area (Å²) in [6, 6.07) is 5.80. The molecule has 2 aliphatic rings. The third kappa shape index (κ3) is 4.33. The summed E-state index contributed by atoms with van der Waals surface area (Å²) < 4.78 is 0. The summed E-state index contributed by atoms with van der Waals surface area (Å²) >= 11 is 0. The third-order valence-electron chi connectivity index (χ3n) is 5.96. The van der Waals surface area contributed by atoms with Crippen molar-refractivity contribution in [2.75, 3.05) is 26.2 Å². The zero-order chi connectivity index (χ0) is 17.6. The van der Waals surface area contributed by atoms with Crippen LogP contribution < -0.4 is 10.7 Å². The van der Waals surface area contributed by atoms with Crippen molar-refractivity contribution in [2.45, 2.75) is 38.8 Å². The number of nitrogens with one attached hydrogen (secondary N) is 2. The van der Waals surface area contributed by atoms with Crippen LogP contribution in [-0.4, -0.2) is 46.8 Å². The molecule has 5 nitrogen and oxygen atoms in total. The Labute approximate surface area is 172 Å². The van der Waals surface area contributed by atoms with Crippen molar-refractivity contribution < 1.29 is 5.11 Å². The van der Waals surface area contributed by atoms with E-state index in [-0.39, 0.29) is 36.2 Å². The number of benzene rings is 1. The Balaban J connectivity index is 0.00000131. The second-order valence-electron chi connectivity index (χ2n) is 7.90. The van der Waals surface area contributed by atoms with Gasteiger partial charge >= 0.3 is 0 Å². The Morgan fingerprint density at radius 3 is 2.78 bits per heavy atom. The van der Waals surface area contributed by atoms with Gasteiger partial charge in [-0.3, -0.25) is 9.69 Å². The van der Waals surface area contributed by atoms with Gasteiger partial charge < -0.3 is 15.4 Å². The predicted octanol–water partition coefficient (Wildman–Crippen LogP) is 2.53. The van der Waals surface area contributed by atoms with Crippen LogP contribution in [0.5, 0.6) is 0 Å². The van der Waals surface area contributed by atoms with E-state index in [1.807, 2.05) is 19.9 Å². The van der Waals surface area contributed by atoms with E-state index in [1.54, 1.807) is 6.07 Å². The van der Waals surface area contributed by atoms with E-state index in [0.29, 0.717) is 0 Å². The van der Waals surface area contributed by atoms with Crippen LogP contribution in [0.3, 0.4) is 0 Å². The molecule has 0 spiro atoms. The van der Waals surface area contributed by atoms with Crippen LogP contribution >= 0.6 is 24.8 Å². The second-order valence-corrected chi connectivity index (χ2v) is 7.90. The number of nitrogens with zero attached hydrogens (tertiary/aromatic N) is 1. The molecule has 2 aromatic rings. The van der Waals surface area contributed by atoms with Crippen LogP contribution in [0.15, 0.2) is 23.0 Å². The van der Waals surface area contributed by atoms with E-state index >= 15 is 0 Å². The first-order valence-electron chi connectivity index (χ1n) is 9.23. The number of aliphatic hydroxyl groups is 1. The average molecular weight is 414 g/mol. The molecular weight excluding hydrogens is 385 g/mol. The quantitative estimate of drug-likeness (QED) is 0.707. The molecule has 150 valence electrons. The second kappa shape index (κ2) is 8.50.